The van der Waals surface area contributed by atoms with Gasteiger partial charge in [-0.3, -0.25) is 13.6 Å². The van der Waals surface area contributed by atoms with E-state index in [9.17, 15) is 4.79 Å². The summed E-state index contributed by atoms with van der Waals surface area (Å²) in [5.74, 6) is 0. The van der Waals surface area contributed by atoms with Crippen molar-refractivity contribution < 1.29 is 0 Å². The Morgan fingerprint density at radius 3 is 2.00 bits per heavy atom. The summed E-state index contributed by atoms with van der Waals surface area (Å²) in [7, 11) is 0. The third kappa shape index (κ3) is 0.695. The van der Waals surface area contributed by atoms with Crippen LogP contribution >= 0.6 is 0 Å². The lowest BCUT2D eigenvalue weighted by Gasteiger charge is -1.99. The van der Waals surface area contributed by atoms with Crippen molar-refractivity contribution in [2.45, 2.75) is 0 Å². The maximum Gasteiger partial charge on any atom is 0.226 e. The Morgan fingerprint density at radius 1 is 1.00 bits per heavy atom. The molecule has 0 fully saturated rings. The van der Waals surface area contributed by atoms with Crippen LogP contribution in [0.5, 0.6) is 0 Å². The second-order valence-electron chi connectivity index (χ2n) is 3.27. The Labute approximate surface area is 79.5 Å². The topological polar surface area (TPSA) is 25.9 Å². The molecule has 0 aliphatic heterocycles. The molecule has 0 radical (unpaired) electrons. The molecular weight excluding hydrogens is 176 g/mol. The molecule has 0 aliphatic rings. The van der Waals surface area contributed by atoms with Gasteiger partial charge in [-0.05, 0) is 24.3 Å². The summed E-state index contributed by atoms with van der Waals surface area (Å²) in [5, 5.41) is 0. The van der Waals surface area contributed by atoms with E-state index in [2.05, 4.69) is 6.58 Å². The standard InChI is InChI=1S/C11H8N2O/c1-8-12-6-2-4-9(12)11(14)10-5-3-7-13(8)10/h2-7H,1H2. The highest BCUT2D eigenvalue weighted by atomic mass is 16.1. The molecule has 0 saturated carbocycles. The van der Waals surface area contributed by atoms with Crippen molar-refractivity contribution in [3.05, 3.63) is 52.4 Å². The fourth-order valence-corrected chi connectivity index (χ4v) is 1.83. The van der Waals surface area contributed by atoms with Crippen molar-refractivity contribution in [2.24, 2.45) is 0 Å². The molecule has 0 unspecified atom stereocenters. The first-order valence-corrected chi connectivity index (χ1v) is 4.38. The fourth-order valence-electron chi connectivity index (χ4n) is 1.83. The van der Waals surface area contributed by atoms with Gasteiger partial charge in [0.15, 0.2) is 0 Å². The molecule has 0 saturated heterocycles. The average molecular weight is 184 g/mol. The number of fused-ring (bicyclic) bond motifs is 2. The molecule has 0 aromatic carbocycles. The van der Waals surface area contributed by atoms with Gasteiger partial charge in [0.25, 0.3) is 0 Å². The van der Waals surface area contributed by atoms with Gasteiger partial charge < -0.3 is 0 Å². The zero-order valence-corrected chi connectivity index (χ0v) is 7.47. The van der Waals surface area contributed by atoms with Crippen molar-refractivity contribution in [1.82, 2.24) is 8.80 Å². The lowest BCUT2D eigenvalue weighted by Crippen LogP contribution is -2.25. The Hall–Kier alpha value is -2.03. The Kier molecular flexibility index (Phi) is 1.19. The third-order valence-electron chi connectivity index (χ3n) is 2.52. The number of hydrogen-bond donors (Lipinski definition) is 0. The lowest BCUT2D eigenvalue weighted by molar-refractivity contribution is 0.968. The summed E-state index contributed by atoms with van der Waals surface area (Å²) in [6.45, 7) is 3.95. The number of nitrogens with zero attached hydrogens (tertiary/aromatic N) is 2. The second kappa shape index (κ2) is 2.26. The van der Waals surface area contributed by atoms with Gasteiger partial charge in [0.05, 0.1) is 11.0 Å². The highest BCUT2D eigenvalue weighted by molar-refractivity contribution is 5.61. The molecule has 3 heteroatoms. The van der Waals surface area contributed by atoms with Gasteiger partial charge in [-0.2, -0.15) is 0 Å². The molecule has 0 atom stereocenters. The molecule has 0 spiro atoms. The minimum Gasteiger partial charge on any atom is -0.300 e. The predicted octanol–water partition coefficient (Wildman–Crippen LogP) is 0.681. The van der Waals surface area contributed by atoms with Crippen LogP contribution in [0.1, 0.15) is 0 Å². The molecule has 3 rings (SSSR count). The number of aromatic nitrogens is 2. The van der Waals surface area contributed by atoms with Gasteiger partial charge in [0.1, 0.15) is 5.48 Å². The predicted molar refractivity (Wildman–Crippen MR) is 55.4 cm³/mol. The van der Waals surface area contributed by atoms with Crippen LogP contribution in [0.15, 0.2) is 41.5 Å². The van der Waals surface area contributed by atoms with E-state index in [1.807, 2.05) is 36.7 Å². The average Bonchev–Trinajstić information content (AvgIpc) is 2.82. The van der Waals surface area contributed by atoms with Crippen LogP contribution in [0.3, 0.4) is 0 Å². The van der Waals surface area contributed by atoms with Crippen LogP contribution in [0, 0.1) is 0 Å². The Balaban J connectivity index is 2.88. The maximum absolute atomic E-state index is 11.9. The van der Waals surface area contributed by atoms with Crippen molar-refractivity contribution in [1.29, 1.82) is 0 Å². The van der Waals surface area contributed by atoms with E-state index in [-0.39, 0.29) is 5.43 Å². The van der Waals surface area contributed by atoms with Crippen LogP contribution < -0.4 is 10.9 Å². The molecule has 0 amide bonds. The van der Waals surface area contributed by atoms with Gasteiger partial charge in [0, 0.05) is 12.4 Å². The smallest absolute Gasteiger partial charge is 0.226 e. The quantitative estimate of drug-likeness (QED) is 0.504. The minimum absolute atomic E-state index is 0.0485. The molecule has 3 nitrogen and oxygen atoms in total. The van der Waals surface area contributed by atoms with Gasteiger partial charge >= 0.3 is 0 Å². The monoisotopic (exact) mass is 184 g/mol. The Bertz CT molecular complexity index is 604. The lowest BCUT2D eigenvalue weighted by atomic mass is 10.4. The number of rotatable bonds is 0. The zero-order chi connectivity index (χ0) is 9.71. The minimum atomic E-state index is 0.0485. The second-order valence-corrected chi connectivity index (χ2v) is 3.27. The fraction of sp³-hybridized carbons (Fsp3) is 0. The van der Waals surface area contributed by atoms with E-state index >= 15 is 0 Å². The zero-order valence-electron chi connectivity index (χ0n) is 7.47. The maximum atomic E-state index is 11.9. The summed E-state index contributed by atoms with van der Waals surface area (Å²) in [6, 6.07) is 7.32. The summed E-state index contributed by atoms with van der Waals surface area (Å²) < 4.78 is 3.60. The molecule has 3 aromatic heterocycles. The van der Waals surface area contributed by atoms with E-state index in [1.54, 1.807) is 8.80 Å². The summed E-state index contributed by atoms with van der Waals surface area (Å²) in [6.07, 6.45) is 3.69. The summed E-state index contributed by atoms with van der Waals surface area (Å²) in [4.78, 5) is 11.9. The van der Waals surface area contributed by atoms with Crippen molar-refractivity contribution in [3.8, 4) is 0 Å². The van der Waals surface area contributed by atoms with Crippen molar-refractivity contribution >= 4 is 17.6 Å². The van der Waals surface area contributed by atoms with Gasteiger partial charge in [0.2, 0.25) is 5.43 Å². The first-order valence-electron chi connectivity index (χ1n) is 4.38. The molecule has 0 bridgehead atoms. The van der Waals surface area contributed by atoms with Crippen molar-refractivity contribution in [2.75, 3.05) is 0 Å². The van der Waals surface area contributed by atoms with Crippen LogP contribution in [0.2, 0.25) is 0 Å². The molecule has 3 heterocycles. The highest BCUT2D eigenvalue weighted by Crippen LogP contribution is 2.00. The summed E-state index contributed by atoms with van der Waals surface area (Å²) >= 11 is 0. The Morgan fingerprint density at radius 2 is 1.50 bits per heavy atom. The van der Waals surface area contributed by atoms with E-state index < -0.39 is 0 Å². The van der Waals surface area contributed by atoms with E-state index in [0.29, 0.717) is 11.0 Å². The van der Waals surface area contributed by atoms with E-state index in [0.717, 1.165) is 5.48 Å². The summed E-state index contributed by atoms with van der Waals surface area (Å²) in [5.41, 5.74) is 2.21. The molecular formula is C11H8N2O. The van der Waals surface area contributed by atoms with E-state index in [4.69, 9.17) is 0 Å². The van der Waals surface area contributed by atoms with Crippen LogP contribution in [-0.2, 0) is 0 Å². The van der Waals surface area contributed by atoms with Gasteiger partial charge in [-0.15, -0.1) is 0 Å². The first-order chi connectivity index (χ1) is 6.79. The molecule has 3 aromatic rings. The molecule has 0 aliphatic carbocycles. The molecule has 0 N–H and O–H groups in total. The molecule has 68 valence electrons. The largest absolute Gasteiger partial charge is 0.300 e. The SMILES string of the molecule is C=c1n2cccc2c(=O)c2cccn12. The third-order valence-corrected chi connectivity index (χ3v) is 2.52. The van der Waals surface area contributed by atoms with Crippen LogP contribution in [0.4, 0.5) is 0 Å². The number of hydrogen-bond acceptors (Lipinski definition) is 1. The molecule has 14 heavy (non-hydrogen) atoms. The van der Waals surface area contributed by atoms with Crippen molar-refractivity contribution in [3.63, 3.8) is 0 Å². The van der Waals surface area contributed by atoms with Crippen LogP contribution in [-0.4, -0.2) is 8.80 Å². The highest BCUT2D eigenvalue weighted by Gasteiger charge is 2.04. The van der Waals surface area contributed by atoms with Gasteiger partial charge in [-0.25, -0.2) is 0 Å². The van der Waals surface area contributed by atoms with Gasteiger partial charge in [-0.1, -0.05) is 6.58 Å². The first kappa shape index (κ1) is 7.38. The van der Waals surface area contributed by atoms with Crippen LogP contribution in [0.25, 0.3) is 17.6 Å². The normalized spacial score (nSPS) is 11.4. The van der Waals surface area contributed by atoms with E-state index in [1.165, 1.54) is 0 Å².